The van der Waals surface area contributed by atoms with E-state index >= 15 is 0 Å². The predicted octanol–water partition coefficient (Wildman–Crippen LogP) is 4.96. The van der Waals surface area contributed by atoms with Crippen molar-refractivity contribution in [2.24, 2.45) is 0 Å². The van der Waals surface area contributed by atoms with Crippen molar-refractivity contribution in [3.05, 3.63) is 86.7 Å². The molecule has 0 saturated carbocycles. The molecule has 0 bridgehead atoms. The summed E-state index contributed by atoms with van der Waals surface area (Å²) >= 11 is 18.1. The molecule has 0 radical (unpaired) electrons. The molecule has 1 aromatic carbocycles. The van der Waals surface area contributed by atoms with Crippen LogP contribution >= 0.6 is 34.8 Å². The van der Waals surface area contributed by atoms with Gasteiger partial charge in [0.15, 0.2) is 0 Å². The lowest BCUT2D eigenvalue weighted by atomic mass is 9.98. The highest BCUT2D eigenvalue weighted by atomic mass is 35.5. The molecular weight excluding hydrogens is 447 g/mol. The van der Waals surface area contributed by atoms with Crippen LogP contribution in [0.2, 0.25) is 15.3 Å². The summed E-state index contributed by atoms with van der Waals surface area (Å²) < 4.78 is 0. The number of aromatic nitrogens is 2. The monoisotopic (exact) mass is 460 g/mol. The van der Waals surface area contributed by atoms with Gasteiger partial charge in [0, 0.05) is 18.3 Å². The summed E-state index contributed by atoms with van der Waals surface area (Å²) in [5.74, 6) is -0.169. The normalized spacial score (nSPS) is 15.4. The number of carbonyl (C=O) groups excluding carboxylic acids is 2. The van der Waals surface area contributed by atoms with Gasteiger partial charge in [0.1, 0.15) is 16.1 Å². The SMILES string of the molecule is O=C(NC1CCN(C(=O)c2ccc(Cl)nc2)c2nc(Cl)ccc21)c1ccccc1Cl. The van der Waals surface area contributed by atoms with Crippen LogP contribution < -0.4 is 10.2 Å². The Morgan fingerprint density at radius 3 is 2.50 bits per heavy atom. The van der Waals surface area contributed by atoms with Gasteiger partial charge in [-0.25, -0.2) is 9.97 Å². The van der Waals surface area contributed by atoms with Crippen molar-refractivity contribution in [2.45, 2.75) is 12.5 Å². The van der Waals surface area contributed by atoms with Crippen LogP contribution in [0.5, 0.6) is 0 Å². The zero-order valence-corrected chi connectivity index (χ0v) is 17.7. The van der Waals surface area contributed by atoms with Crippen molar-refractivity contribution in [3.8, 4) is 0 Å². The maximum absolute atomic E-state index is 13.0. The largest absolute Gasteiger partial charge is 0.345 e. The van der Waals surface area contributed by atoms with E-state index in [2.05, 4.69) is 15.3 Å². The molecule has 4 rings (SSSR count). The molecule has 0 spiro atoms. The van der Waals surface area contributed by atoms with E-state index in [1.165, 1.54) is 11.1 Å². The molecule has 1 aliphatic heterocycles. The lowest BCUT2D eigenvalue weighted by molar-refractivity contribution is 0.0933. The number of fused-ring (bicyclic) bond motifs is 1. The molecule has 0 fully saturated rings. The molecule has 1 atom stereocenters. The van der Waals surface area contributed by atoms with Crippen LogP contribution in [0, 0.1) is 0 Å². The molecule has 3 heterocycles. The summed E-state index contributed by atoms with van der Waals surface area (Å²) in [5, 5.41) is 3.90. The van der Waals surface area contributed by atoms with E-state index in [0.29, 0.717) is 45.6 Å². The second-order valence-corrected chi connectivity index (χ2v) is 7.85. The molecule has 3 aromatic rings. The summed E-state index contributed by atoms with van der Waals surface area (Å²) in [7, 11) is 0. The number of benzene rings is 1. The summed E-state index contributed by atoms with van der Waals surface area (Å²) in [6.07, 6.45) is 1.92. The van der Waals surface area contributed by atoms with Gasteiger partial charge in [0.05, 0.1) is 22.2 Å². The first-order valence-corrected chi connectivity index (χ1v) is 10.2. The van der Waals surface area contributed by atoms with E-state index in [0.717, 1.165) is 0 Å². The molecular formula is C21H15Cl3N4O2. The molecule has 1 unspecified atom stereocenters. The van der Waals surface area contributed by atoms with Crippen molar-refractivity contribution < 1.29 is 9.59 Å². The van der Waals surface area contributed by atoms with Crippen LogP contribution in [0.25, 0.3) is 0 Å². The van der Waals surface area contributed by atoms with E-state index in [4.69, 9.17) is 34.8 Å². The van der Waals surface area contributed by atoms with Gasteiger partial charge in [-0.3, -0.25) is 14.5 Å². The second-order valence-electron chi connectivity index (χ2n) is 6.67. The molecule has 2 aromatic heterocycles. The zero-order chi connectivity index (χ0) is 21.3. The molecule has 9 heteroatoms. The van der Waals surface area contributed by atoms with Crippen molar-refractivity contribution >= 4 is 52.4 Å². The number of anilines is 1. The van der Waals surface area contributed by atoms with Gasteiger partial charge in [-0.2, -0.15) is 0 Å². The lowest BCUT2D eigenvalue weighted by Gasteiger charge is -2.33. The second kappa shape index (κ2) is 8.60. The van der Waals surface area contributed by atoms with Crippen molar-refractivity contribution in [2.75, 3.05) is 11.4 Å². The van der Waals surface area contributed by atoms with Crippen LogP contribution in [-0.2, 0) is 0 Å². The summed E-state index contributed by atoms with van der Waals surface area (Å²) in [6, 6.07) is 13.0. The van der Waals surface area contributed by atoms with Gasteiger partial charge >= 0.3 is 0 Å². The molecule has 0 saturated heterocycles. The Bertz CT molecular complexity index is 1120. The first-order valence-electron chi connectivity index (χ1n) is 9.09. The number of nitrogens with zero attached hydrogens (tertiary/aromatic N) is 3. The van der Waals surface area contributed by atoms with Gasteiger partial charge in [-0.05, 0) is 36.8 Å². The number of carbonyl (C=O) groups is 2. The van der Waals surface area contributed by atoms with E-state index in [1.807, 2.05) is 0 Å². The van der Waals surface area contributed by atoms with Crippen LogP contribution in [-0.4, -0.2) is 28.3 Å². The number of halogens is 3. The average molecular weight is 462 g/mol. The van der Waals surface area contributed by atoms with E-state index < -0.39 is 0 Å². The number of nitrogens with one attached hydrogen (secondary N) is 1. The van der Waals surface area contributed by atoms with Crippen molar-refractivity contribution in [1.82, 2.24) is 15.3 Å². The minimum absolute atomic E-state index is 0.249. The third-order valence-corrected chi connectivity index (χ3v) is 5.55. The van der Waals surface area contributed by atoms with Gasteiger partial charge in [0.25, 0.3) is 11.8 Å². The molecule has 2 amide bonds. The fourth-order valence-electron chi connectivity index (χ4n) is 3.33. The fraction of sp³-hybridized carbons (Fsp3) is 0.143. The highest BCUT2D eigenvalue weighted by Crippen LogP contribution is 2.34. The number of rotatable bonds is 3. The average Bonchev–Trinajstić information content (AvgIpc) is 2.74. The Labute approximate surface area is 187 Å². The Morgan fingerprint density at radius 2 is 1.77 bits per heavy atom. The minimum atomic E-state index is -0.346. The third-order valence-electron chi connectivity index (χ3n) is 4.79. The maximum atomic E-state index is 13.0. The minimum Gasteiger partial charge on any atom is -0.345 e. The van der Waals surface area contributed by atoms with Crippen LogP contribution in [0.4, 0.5) is 5.82 Å². The van der Waals surface area contributed by atoms with E-state index in [-0.39, 0.29) is 23.0 Å². The zero-order valence-electron chi connectivity index (χ0n) is 15.5. The van der Waals surface area contributed by atoms with Gasteiger partial charge in [-0.15, -0.1) is 0 Å². The van der Waals surface area contributed by atoms with Gasteiger partial charge in [-0.1, -0.05) is 53.0 Å². The van der Waals surface area contributed by atoms with Crippen LogP contribution in [0.1, 0.15) is 38.7 Å². The lowest BCUT2D eigenvalue weighted by Crippen LogP contribution is -2.41. The van der Waals surface area contributed by atoms with Crippen molar-refractivity contribution in [3.63, 3.8) is 0 Å². The number of hydrogen-bond acceptors (Lipinski definition) is 4. The van der Waals surface area contributed by atoms with Crippen LogP contribution in [0.15, 0.2) is 54.7 Å². The Balaban J connectivity index is 1.64. The fourth-order valence-corrected chi connectivity index (χ4v) is 3.81. The van der Waals surface area contributed by atoms with Crippen LogP contribution in [0.3, 0.4) is 0 Å². The number of amides is 2. The predicted molar refractivity (Wildman–Crippen MR) is 116 cm³/mol. The molecule has 1 aliphatic rings. The smallest absolute Gasteiger partial charge is 0.261 e. The Kier molecular flexibility index (Phi) is 5.90. The first kappa shape index (κ1) is 20.6. The first-order chi connectivity index (χ1) is 14.4. The van der Waals surface area contributed by atoms with Gasteiger partial charge < -0.3 is 5.32 Å². The summed E-state index contributed by atoms with van der Waals surface area (Å²) in [4.78, 5) is 35.6. The molecule has 1 N–H and O–H groups in total. The standard InChI is InChI=1S/C21H15Cl3N4O2/c22-15-4-2-1-3-13(15)20(29)26-16-9-10-28(19-14(16)6-8-18(24)27-19)21(30)12-5-7-17(23)25-11-12/h1-8,11,16H,9-10H2,(H,26,29). The molecule has 6 nitrogen and oxygen atoms in total. The highest BCUT2D eigenvalue weighted by Gasteiger charge is 2.32. The Morgan fingerprint density at radius 1 is 1.00 bits per heavy atom. The Hall–Kier alpha value is -2.67. The molecule has 152 valence electrons. The van der Waals surface area contributed by atoms with Crippen molar-refractivity contribution in [1.29, 1.82) is 0 Å². The van der Waals surface area contributed by atoms with Gasteiger partial charge in [0.2, 0.25) is 0 Å². The molecule has 0 aliphatic carbocycles. The highest BCUT2D eigenvalue weighted by molar-refractivity contribution is 6.33. The summed E-state index contributed by atoms with van der Waals surface area (Å²) in [6.45, 7) is 0.343. The maximum Gasteiger partial charge on any atom is 0.261 e. The van der Waals surface area contributed by atoms with E-state index in [9.17, 15) is 9.59 Å². The topological polar surface area (TPSA) is 75.2 Å². The summed E-state index contributed by atoms with van der Waals surface area (Å²) in [5.41, 5.74) is 1.46. The number of pyridine rings is 2. The third kappa shape index (κ3) is 4.12. The molecule has 30 heavy (non-hydrogen) atoms. The quantitative estimate of drug-likeness (QED) is 0.560. The number of hydrogen-bond donors (Lipinski definition) is 1. The van der Waals surface area contributed by atoms with E-state index in [1.54, 1.807) is 48.5 Å².